The molecule has 0 aliphatic carbocycles. The van der Waals surface area contributed by atoms with Gasteiger partial charge in [-0.05, 0) is 24.6 Å². The second kappa shape index (κ2) is 7.36. The number of sulfone groups is 1. The van der Waals surface area contributed by atoms with Gasteiger partial charge in [0.25, 0.3) is 5.91 Å². The fraction of sp³-hybridized carbons (Fsp3) is 0.278. The number of hydrogen-bond donors (Lipinski definition) is 0. The molecule has 1 saturated heterocycles. The third-order valence-corrected chi connectivity index (χ3v) is 6.87. The van der Waals surface area contributed by atoms with E-state index in [2.05, 4.69) is 0 Å². The molecule has 0 aromatic heterocycles. The van der Waals surface area contributed by atoms with Gasteiger partial charge in [-0.1, -0.05) is 42.0 Å². The van der Waals surface area contributed by atoms with Gasteiger partial charge in [-0.3, -0.25) is 4.79 Å². The molecule has 3 rings (SSSR count). The number of rotatable bonds is 4. The van der Waals surface area contributed by atoms with E-state index in [1.54, 1.807) is 11.8 Å². The summed E-state index contributed by atoms with van der Waals surface area (Å²) in [4.78, 5) is 13.9. The van der Waals surface area contributed by atoms with E-state index < -0.39 is 26.4 Å². The summed E-state index contributed by atoms with van der Waals surface area (Å²) in [5.74, 6) is -3.44. The molecule has 1 fully saturated rings. The van der Waals surface area contributed by atoms with Gasteiger partial charge >= 0.3 is 5.76 Å². The Hall–Kier alpha value is -1.93. The normalized spacial score (nSPS) is 17.7. The van der Waals surface area contributed by atoms with Crippen molar-refractivity contribution in [3.05, 3.63) is 65.2 Å². The fourth-order valence-electron chi connectivity index (χ4n) is 2.83. The highest BCUT2D eigenvalue weighted by molar-refractivity contribution is 7.99. The first-order valence-electron chi connectivity index (χ1n) is 7.92. The van der Waals surface area contributed by atoms with E-state index in [0.29, 0.717) is 12.3 Å². The van der Waals surface area contributed by atoms with E-state index in [4.69, 9.17) is 0 Å². The third kappa shape index (κ3) is 3.48. The zero-order valence-corrected chi connectivity index (χ0v) is 15.6. The summed E-state index contributed by atoms with van der Waals surface area (Å²) >= 11 is 1.56. The second-order valence-electron chi connectivity index (χ2n) is 5.93. The van der Waals surface area contributed by atoms with Gasteiger partial charge < -0.3 is 4.90 Å². The van der Waals surface area contributed by atoms with Crippen molar-refractivity contribution in [1.82, 2.24) is 4.90 Å². The van der Waals surface area contributed by atoms with Crippen molar-refractivity contribution in [2.45, 2.75) is 23.0 Å². The number of halogens is 2. The molecule has 1 amide bonds. The Morgan fingerprint density at radius 1 is 1.15 bits per heavy atom. The van der Waals surface area contributed by atoms with Crippen LogP contribution in [0.15, 0.2) is 53.4 Å². The summed E-state index contributed by atoms with van der Waals surface area (Å²) in [6, 6.07) is 12.9. The number of carbonyl (C=O) groups excluding carboxylic acids is 1. The van der Waals surface area contributed by atoms with Crippen LogP contribution in [-0.4, -0.2) is 37.3 Å². The van der Waals surface area contributed by atoms with E-state index in [9.17, 15) is 22.0 Å². The number of benzene rings is 2. The number of hydrogen-bond acceptors (Lipinski definition) is 4. The van der Waals surface area contributed by atoms with Crippen molar-refractivity contribution < 1.29 is 22.0 Å². The van der Waals surface area contributed by atoms with E-state index in [1.807, 2.05) is 31.2 Å². The predicted octanol–water partition coefficient (Wildman–Crippen LogP) is 3.88. The zero-order chi connectivity index (χ0) is 18.9. The summed E-state index contributed by atoms with van der Waals surface area (Å²) in [6.45, 7) is 2.38. The highest BCUT2D eigenvalue weighted by Gasteiger charge is 2.36. The summed E-state index contributed by atoms with van der Waals surface area (Å²) < 4.78 is 49.8. The minimum atomic E-state index is -4.86. The Bertz CT molecular complexity index is 914. The fourth-order valence-corrected chi connectivity index (χ4v) is 5.01. The molecule has 2 aromatic carbocycles. The zero-order valence-electron chi connectivity index (χ0n) is 13.9. The van der Waals surface area contributed by atoms with Crippen molar-refractivity contribution >= 4 is 27.5 Å². The first-order valence-corrected chi connectivity index (χ1v) is 10.5. The summed E-state index contributed by atoms with van der Waals surface area (Å²) in [7, 11) is -4.86. The number of thioether (sulfide) groups is 1. The van der Waals surface area contributed by atoms with E-state index in [0.717, 1.165) is 17.2 Å². The molecule has 0 bridgehead atoms. The first-order chi connectivity index (χ1) is 12.3. The van der Waals surface area contributed by atoms with Crippen LogP contribution in [-0.2, 0) is 9.84 Å². The second-order valence-corrected chi connectivity index (χ2v) is 9.01. The van der Waals surface area contributed by atoms with E-state index in [1.165, 1.54) is 23.1 Å². The van der Waals surface area contributed by atoms with Crippen molar-refractivity contribution in [2.24, 2.45) is 0 Å². The van der Waals surface area contributed by atoms with Crippen LogP contribution in [0.3, 0.4) is 0 Å². The van der Waals surface area contributed by atoms with E-state index in [-0.39, 0.29) is 10.9 Å². The number of amides is 1. The van der Waals surface area contributed by atoms with Gasteiger partial charge in [0, 0.05) is 12.3 Å². The molecule has 2 aromatic rings. The molecular formula is C18H17F2NO3S2. The maximum atomic E-state index is 13.0. The Balaban J connectivity index is 1.98. The maximum absolute atomic E-state index is 13.0. The van der Waals surface area contributed by atoms with E-state index >= 15 is 0 Å². The van der Waals surface area contributed by atoms with Gasteiger partial charge in [-0.2, -0.15) is 8.78 Å². The molecular weight excluding hydrogens is 380 g/mol. The van der Waals surface area contributed by atoms with Crippen LogP contribution in [0.1, 0.15) is 26.9 Å². The Morgan fingerprint density at radius 3 is 2.46 bits per heavy atom. The molecule has 0 radical (unpaired) electrons. The largest absolute Gasteiger partial charge is 0.341 e. The lowest BCUT2D eigenvalue weighted by Crippen LogP contribution is -2.32. The van der Waals surface area contributed by atoms with Gasteiger partial charge in [0.2, 0.25) is 9.84 Å². The summed E-state index contributed by atoms with van der Waals surface area (Å²) in [6.07, 6.45) is 0. The molecule has 8 heteroatoms. The van der Waals surface area contributed by atoms with Crippen molar-refractivity contribution in [3.8, 4) is 0 Å². The highest BCUT2D eigenvalue weighted by atomic mass is 32.2. The molecule has 4 nitrogen and oxygen atoms in total. The SMILES string of the molecule is Cc1ccc(C2SCCN2C(=O)c2ccccc2S(=O)(=O)C(F)F)cc1. The van der Waals surface area contributed by atoms with Crippen LogP contribution in [0.4, 0.5) is 8.78 Å². The number of nitrogens with zero attached hydrogens (tertiary/aromatic N) is 1. The minimum absolute atomic E-state index is 0.215. The van der Waals surface area contributed by atoms with Gasteiger partial charge in [-0.15, -0.1) is 11.8 Å². The monoisotopic (exact) mass is 397 g/mol. The molecule has 1 atom stereocenters. The lowest BCUT2D eigenvalue weighted by molar-refractivity contribution is 0.0756. The molecule has 1 aliphatic rings. The molecule has 1 unspecified atom stereocenters. The molecule has 138 valence electrons. The van der Waals surface area contributed by atoms with Crippen LogP contribution < -0.4 is 0 Å². The Kier molecular flexibility index (Phi) is 5.34. The number of alkyl halides is 2. The smallest absolute Gasteiger partial charge is 0.322 e. The van der Waals surface area contributed by atoms with Crippen LogP contribution in [0.25, 0.3) is 0 Å². The van der Waals surface area contributed by atoms with Crippen LogP contribution in [0.5, 0.6) is 0 Å². The van der Waals surface area contributed by atoms with Gasteiger partial charge in [0.1, 0.15) is 5.37 Å². The maximum Gasteiger partial charge on any atom is 0.341 e. The van der Waals surface area contributed by atoms with Gasteiger partial charge in [0.15, 0.2) is 0 Å². The average Bonchev–Trinajstić information content (AvgIpc) is 3.11. The molecule has 26 heavy (non-hydrogen) atoms. The first kappa shape index (κ1) is 18.8. The Labute approximate surface area is 155 Å². The predicted molar refractivity (Wildman–Crippen MR) is 97.0 cm³/mol. The van der Waals surface area contributed by atoms with Crippen LogP contribution >= 0.6 is 11.8 Å². The van der Waals surface area contributed by atoms with Crippen molar-refractivity contribution in [2.75, 3.05) is 12.3 Å². The Morgan fingerprint density at radius 2 is 1.81 bits per heavy atom. The number of carbonyl (C=O) groups is 1. The summed E-state index contributed by atoms with van der Waals surface area (Å²) in [5.41, 5.74) is 1.79. The van der Waals surface area contributed by atoms with Gasteiger partial charge in [-0.25, -0.2) is 8.42 Å². The van der Waals surface area contributed by atoms with Crippen molar-refractivity contribution in [1.29, 1.82) is 0 Å². The topological polar surface area (TPSA) is 54.5 Å². The standard InChI is InChI=1S/C18H17F2NO3S2/c1-12-6-8-13(9-7-12)17-21(10-11-25-17)16(22)14-4-2-3-5-15(14)26(23,24)18(19)20/h2-9,17-18H,10-11H2,1H3. The molecule has 0 N–H and O–H groups in total. The quantitative estimate of drug-likeness (QED) is 0.786. The van der Waals surface area contributed by atoms with Crippen LogP contribution in [0.2, 0.25) is 0 Å². The summed E-state index contributed by atoms with van der Waals surface area (Å²) in [5, 5.41) is -0.273. The third-order valence-electron chi connectivity index (χ3n) is 4.17. The average molecular weight is 397 g/mol. The van der Waals surface area contributed by atoms with Crippen molar-refractivity contribution in [3.63, 3.8) is 0 Å². The molecule has 0 saturated carbocycles. The highest BCUT2D eigenvalue weighted by Crippen LogP contribution is 2.39. The minimum Gasteiger partial charge on any atom is -0.322 e. The van der Waals surface area contributed by atoms with Crippen LogP contribution in [0, 0.1) is 6.92 Å². The lowest BCUT2D eigenvalue weighted by Gasteiger charge is -2.25. The molecule has 1 heterocycles. The molecule has 0 spiro atoms. The lowest BCUT2D eigenvalue weighted by atomic mass is 10.1. The number of aryl methyl sites for hydroxylation is 1. The molecule has 1 aliphatic heterocycles. The van der Waals surface area contributed by atoms with Gasteiger partial charge in [0.05, 0.1) is 10.5 Å².